The third kappa shape index (κ3) is 3.35. The molecule has 1 nitrogen and oxygen atoms in total. The van der Waals surface area contributed by atoms with Crippen molar-refractivity contribution < 1.29 is 0 Å². The van der Waals surface area contributed by atoms with E-state index in [9.17, 15) is 0 Å². The van der Waals surface area contributed by atoms with E-state index in [-0.39, 0.29) is 0 Å². The summed E-state index contributed by atoms with van der Waals surface area (Å²) in [4.78, 5) is 0. The fourth-order valence-corrected chi connectivity index (χ4v) is 3.47. The Morgan fingerprint density at radius 1 is 1.17 bits per heavy atom. The average Bonchev–Trinajstić information content (AvgIpc) is 2.39. The summed E-state index contributed by atoms with van der Waals surface area (Å²) in [6.45, 7) is 9.51. The summed E-state index contributed by atoms with van der Waals surface area (Å²) in [6.07, 6.45) is 2.68. The summed E-state index contributed by atoms with van der Waals surface area (Å²) in [5, 5.41) is 3.58. The molecule has 0 bridgehead atoms. The minimum atomic E-state index is 0.692. The second kappa shape index (κ2) is 6.38. The van der Waals surface area contributed by atoms with Crippen LogP contribution in [0.1, 0.15) is 45.1 Å². The van der Waals surface area contributed by atoms with Gasteiger partial charge in [-0.3, -0.25) is 0 Å². The molecule has 1 aromatic carbocycles. The fraction of sp³-hybridized carbons (Fsp3) is 0.647. The molecule has 0 saturated carbocycles. The van der Waals surface area contributed by atoms with Gasteiger partial charge >= 0.3 is 0 Å². The molecule has 1 heteroatoms. The van der Waals surface area contributed by atoms with Crippen molar-refractivity contribution in [3.8, 4) is 0 Å². The summed E-state index contributed by atoms with van der Waals surface area (Å²) < 4.78 is 0. The average molecular weight is 245 g/mol. The van der Waals surface area contributed by atoms with Gasteiger partial charge in [0.25, 0.3) is 0 Å². The Balaban J connectivity index is 2.08. The largest absolute Gasteiger partial charge is 0.316 e. The van der Waals surface area contributed by atoms with Crippen molar-refractivity contribution in [1.82, 2.24) is 5.32 Å². The van der Waals surface area contributed by atoms with Crippen LogP contribution in [-0.4, -0.2) is 13.1 Å². The van der Waals surface area contributed by atoms with Crippen LogP contribution in [0, 0.1) is 17.8 Å². The molecule has 1 saturated heterocycles. The molecule has 100 valence electrons. The van der Waals surface area contributed by atoms with Crippen molar-refractivity contribution >= 4 is 0 Å². The highest BCUT2D eigenvalue weighted by Gasteiger charge is 2.30. The summed E-state index contributed by atoms with van der Waals surface area (Å²) >= 11 is 0. The topological polar surface area (TPSA) is 12.0 Å². The van der Waals surface area contributed by atoms with E-state index in [1.165, 1.54) is 31.5 Å². The van der Waals surface area contributed by atoms with Crippen LogP contribution in [-0.2, 0) is 0 Å². The van der Waals surface area contributed by atoms with Crippen molar-refractivity contribution in [3.63, 3.8) is 0 Å². The molecule has 2 rings (SSSR count). The quantitative estimate of drug-likeness (QED) is 0.843. The molecule has 0 radical (unpaired) electrons. The maximum Gasteiger partial charge on any atom is -0.00175 e. The number of rotatable bonds is 4. The van der Waals surface area contributed by atoms with Crippen LogP contribution >= 0.6 is 0 Å². The molecule has 0 amide bonds. The van der Waals surface area contributed by atoms with E-state index >= 15 is 0 Å². The molecule has 1 fully saturated rings. The first-order chi connectivity index (χ1) is 8.68. The second-order valence-electron chi connectivity index (χ2n) is 6.25. The third-order valence-corrected chi connectivity index (χ3v) is 4.41. The number of benzene rings is 1. The van der Waals surface area contributed by atoms with E-state index in [0.29, 0.717) is 5.92 Å². The van der Waals surface area contributed by atoms with E-state index in [1.807, 2.05) is 0 Å². The lowest BCUT2D eigenvalue weighted by Gasteiger charge is -2.37. The number of piperidine rings is 1. The van der Waals surface area contributed by atoms with Gasteiger partial charge in [0.2, 0.25) is 0 Å². The van der Waals surface area contributed by atoms with E-state index in [1.54, 1.807) is 0 Å². The Morgan fingerprint density at radius 2 is 1.89 bits per heavy atom. The molecule has 1 heterocycles. The first-order valence-electron chi connectivity index (χ1n) is 7.44. The first-order valence-corrected chi connectivity index (χ1v) is 7.44. The Morgan fingerprint density at radius 3 is 2.56 bits per heavy atom. The Hall–Kier alpha value is -0.820. The summed E-state index contributed by atoms with van der Waals surface area (Å²) in [7, 11) is 0. The standard InChI is InChI=1S/C17H27N/c1-13(2)11-16-12-18-10-9-17(16)14(3)15-7-5-4-6-8-15/h4-8,13-14,16-18H,9-12H2,1-3H3. The monoisotopic (exact) mass is 245 g/mol. The summed E-state index contributed by atoms with van der Waals surface area (Å²) in [5.41, 5.74) is 1.51. The van der Waals surface area contributed by atoms with Gasteiger partial charge in [0, 0.05) is 0 Å². The van der Waals surface area contributed by atoms with Gasteiger partial charge in [-0.2, -0.15) is 0 Å². The van der Waals surface area contributed by atoms with Crippen LogP contribution in [0.15, 0.2) is 30.3 Å². The Labute approximate surface area is 112 Å². The van der Waals surface area contributed by atoms with Gasteiger partial charge in [-0.15, -0.1) is 0 Å². The van der Waals surface area contributed by atoms with E-state index in [0.717, 1.165) is 17.8 Å². The summed E-state index contributed by atoms with van der Waals surface area (Å²) in [5.74, 6) is 3.18. The van der Waals surface area contributed by atoms with Crippen LogP contribution in [0.2, 0.25) is 0 Å². The smallest absolute Gasteiger partial charge is 0.00175 e. The van der Waals surface area contributed by atoms with Gasteiger partial charge < -0.3 is 5.32 Å². The minimum absolute atomic E-state index is 0.692. The maximum absolute atomic E-state index is 3.58. The highest BCUT2D eigenvalue weighted by molar-refractivity contribution is 5.20. The van der Waals surface area contributed by atoms with Crippen molar-refractivity contribution in [1.29, 1.82) is 0 Å². The van der Waals surface area contributed by atoms with Gasteiger partial charge in [0.05, 0.1) is 0 Å². The van der Waals surface area contributed by atoms with Crippen molar-refractivity contribution in [2.75, 3.05) is 13.1 Å². The molecular formula is C17H27N. The molecule has 3 unspecified atom stereocenters. The molecule has 1 aromatic rings. The van der Waals surface area contributed by atoms with E-state index in [4.69, 9.17) is 0 Å². The van der Waals surface area contributed by atoms with Gasteiger partial charge in [0.15, 0.2) is 0 Å². The third-order valence-electron chi connectivity index (χ3n) is 4.41. The maximum atomic E-state index is 3.58. The number of hydrogen-bond donors (Lipinski definition) is 1. The second-order valence-corrected chi connectivity index (χ2v) is 6.25. The van der Waals surface area contributed by atoms with Crippen LogP contribution in [0.4, 0.5) is 0 Å². The number of hydrogen-bond acceptors (Lipinski definition) is 1. The molecule has 3 atom stereocenters. The molecule has 0 aliphatic carbocycles. The van der Waals surface area contributed by atoms with Crippen LogP contribution < -0.4 is 5.32 Å². The number of nitrogens with one attached hydrogen (secondary N) is 1. The van der Waals surface area contributed by atoms with Crippen LogP contribution in [0.25, 0.3) is 0 Å². The van der Waals surface area contributed by atoms with E-state index in [2.05, 4.69) is 56.4 Å². The van der Waals surface area contributed by atoms with Gasteiger partial charge in [-0.25, -0.2) is 0 Å². The molecule has 1 aliphatic heterocycles. The van der Waals surface area contributed by atoms with Gasteiger partial charge in [-0.1, -0.05) is 51.1 Å². The van der Waals surface area contributed by atoms with Crippen molar-refractivity contribution in [2.24, 2.45) is 17.8 Å². The molecular weight excluding hydrogens is 218 g/mol. The molecule has 0 spiro atoms. The summed E-state index contributed by atoms with van der Waals surface area (Å²) in [6, 6.07) is 11.0. The van der Waals surface area contributed by atoms with Gasteiger partial charge in [0.1, 0.15) is 0 Å². The first kappa shape index (κ1) is 13.6. The van der Waals surface area contributed by atoms with E-state index < -0.39 is 0 Å². The molecule has 18 heavy (non-hydrogen) atoms. The lowest BCUT2D eigenvalue weighted by Crippen LogP contribution is -2.39. The zero-order valence-electron chi connectivity index (χ0n) is 12.0. The predicted molar refractivity (Wildman–Crippen MR) is 78.8 cm³/mol. The normalized spacial score (nSPS) is 26.2. The lowest BCUT2D eigenvalue weighted by atomic mass is 9.72. The zero-order chi connectivity index (χ0) is 13.0. The highest BCUT2D eigenvalue weighted by Crippen LogP contribution is 2.36. The SMILES string of the molecule is CC(C)CC1CNCCC1C(C)c1ccccc1. The Bertz CT molecular complexity index is 344. The zero-order valence-corrected chi connectivity index (χ0v) is 12.0. The molecule has 1 N–H and O–H groups in total. The predicted octanol–water partition coefficient (Wildman–Crippen LogP) is 4.06. The molecule has 0 aromatic heterocycles. The van der Waals surface area contributed by atoms with Crippen molar-refractivity contribution in [2.45, 2.75) is 39.5 Å². The lowest BCUT2D eigenvalue weighted by molar-refractivity contribution is 0.194. The Kier molecular flexibility index (Phi) is 4.82. The van der Waals surface area contributed by atoms with Crippen LogP contribution in [0.3, 0.4) is 0 Å². The fourth-order valence-electron chi connectivity index (χ4n) is 3.47. The highest BCUT2D eigenvalue weighted by atomic mass is 14.9. The van der Waals surface area contributed by atoms with Gasteiger partial charge in [-0.05, 0) is 55.2 Å². The van der Waals surface area contributed by atoms with Crippen LogP contribution in [0.5, 0.6) is 0 Å². The van der Waals surface area contributed by atoms with Crippen molar-refractivity contribution in [3.05, 3.63) is 35.9 Å². The minimum Gasteiger partial charge on any atom is -0.316 e. The molecule has 1 aliphatic rings.